The number of imidazole rings is 1. The Morgan fingerprint density at radius 3 is 2.14 bits per heavy atom. The van der Waals surface area contributed by atoms with Crippen molar-refractivity contribution in [2.75, 3.05) is 0 Å². The van der Waals surface area contributed by atoms with E-state index in [-0.39, 0.29) is 31.6 Å². The van der Waals surface area contributed by atoms with Crippen LogP contribution in [0.3, 0.4) is 0 Å². The zero-order valence-electron chi connectivity index (χ0n) is 20.0. The first-order chi connectivity index (χ1) is 16.3. The molecule has 0 aliphatic carbocycles. The number of aliphatic hydroxyl groups excluding tert-OH is 1. The van der Waals surface area contributed by atoms with Gasteiger partial charge in [0.2, 0.25) is 23.6 Å². The average molecular weight is 498 g/mol. The minimum Gasteiger partial charge on any atom is -0.480 e. The van der Waals surface area contributed by atoms with Crippen LogP contribution in [0.2, 0.25) is 0 Å². The Bertz CT molecular complexity index is 873. The van der Waals surface area contributed by atoms with Crippen molar-refractivity contribution in [3.05, 3.63) is 18.2 Å². The van der Waals surface area contributed by atoms with Crippen molar-refractivity contribution >= 4 is 29.6 Å². The van der Waals surface area contributed by atoms with E-state index in [1.54, 1.807) is 13.8 Å². The van der Waals surface area contributed by atoms with E-state index >= 15 is 0 Å². The molecule has 0 fully saturated rings. The monoisotopic (exact) mass is 497 g/mol. The molecule has 0 aromatic carbocycles. The molecule has 0 saturated carbocycles. The number of aromatic amines is 1. The SMILES string of the molecule is CC(C)CC(NC(=O)C(NC(=O)C(Cc1cnc[nH]1)NC(=O)C(N)CCC(N)=O)C(C)O)C(=O)O. The lowest BCUT2D eigenvalue weighted by atomic mass is 10.0. The average Bonchev–Trinajstić information content (AvgIpc) is 3.26. The molecule has 0 aliphatic rings. The van der Waals surface area contributed by atoms with Crippen molar-refractivity contribution in [1.29, 1.82) is 0 Å². The third-order valence-electron chi connectivity index (χ3n) is 5.03. The molecular weight excluding hydrogens is 462 g/mol. The van der Waals surface area contributed by atoms with Crippen LogP contribution in [-0.4, -0.2) is 80.1 Å². The molecule has 0 aliphatic heterocycles. The maximum absolute atomic E-state index is 13.0. The minimum absolute atomic E-state index is 0.0370. The normalized spacial score (nSPS) is 15.4. The molecule has 14 nitrogen and oxygen atoms in total. The Labute approximate surface area is 202 Å². The summed E-state index contributed by atoms with van der Waals surface area (Å²) < 4.78 is 0. The Balaban J connectivity index is 3.00. The maximum atomic E-state index is 13.0. The molecule has 35 heavy (non-hydrogen) atoms. The number of amides is 4. The molecule has 4 amide bonds. The van der Waals surface area contributed by atoms with Gasteiger partial charge in [0.05, 0.1) is 18.5 Å². The number of rotatable bonds is 15. The van der Waals surface area contributed by atoms with E-state index < -0.39 is 59.9 Å². The molecule has 0 bridgehead atoms. The highest BCUT2D eigenvalue weighted by molar-refractivity contribution is 5.94. The molecule has 14 heteroatoms. The van der Waals surface area contributed by atoms with Crippen LogP contribution in [0, 0.1) is 5.92 Å². The summed E-state index contributed by atoms with van der Waals surface area (Å²) in [5.41, 5.74) is 11.3. The van der Waals surface area contributed by atoms with E-state index in [0.29, 0.717) is 5.69 Å². The highest BCUT2D eigenvalue weighted by Crippen LogP contribution is 2.07. The van der Waals surface area contributed by atoms with Crippen molar-refractivity contribution in [2.24, 2.45) is 17.4 Å². The number of nitrogens with two attached hydrogens (primary N) is 2. The quantitative estimate of drug-likeness (QED) is 0.128. The summed E-state index contributed by atoms with van der Waals surface area (Å²) in [7, 11) is 0. The fraction of sp³-hybridized carbons (Fsp3) is 0.619. The number of aromatic nitrogens is 2. The molecule has 1 aromatic heterocycles. The lowest BCUT2D eigenvalue weighted by Crippen LogP contribution is -2.60. The van der Waals surface area contributed by atoms with Crippen molar-refractivity contribution < 1.29 is 34.2 Å². The number of nitrogens with one attached hydrogen (secondary N) is 4. The van der Waals surface area contributed by atoms with E-state index in [2.05, 4.69) is 25.9 Å². The molecule has 196 valence electrons. The molecule has 10 N–H and O–H groups in total. The number of carbonyl (C=O) groups excluding carboxylic acids is 4. The van der Waals surface area contributed by atoms with Gasteiger partial charge in [-0.15, -0.1) is 0 Å². The number of aliphatic carboxylic acids is 1. The fourth-order valence-corrected chi connectivity index (χ4v) is 3.15. The highest BCUT2D eigenvalue weighted by atomic mass is 16.4. The Morgan fingerprint density at radius 1 is 1.03 bits per heavy atom. The van der Waals surface area contributed by atoms with Crippen LogP contribution in [0.5, 0.6) is 0 Å². The van der Waals surface area contributed by atoms with Gasteiger partial charge in [-0.3, -0.25) is 19.2 Å². The summed E-state index contributed by atoms with van der Waals surface area (Å²) in [6, 6.07) is -5.07. The van der Waals surface area contributed by atoms with E-state index in [9.17, 15) is 34.2 Å². The predicted octanol–water partition coefficient (Wildman–Crippen LogP) is -2.49. The third-order valence-corrected chi connectivity index (χ3v) is 5.03. The fourth-order valence-electron chi connectivity index (χ4n) is 3.15. The number of hydrogen-bond donors (Lipinski definition) is 8. The first-order valence-electron chi connectivity index (χ1n) is 11.1. The molecule has 1 rings (SSSR count). The molecule has 0 saturated heterocycles. The topological polar surface area (TPSA) is 243 Å². The summed E-state index contributed by atoms with van der Waals surface area (Å²) in [5, 5.41) is 26.6. The van der Waals surface area contributed by atoms with Gasteiger partial charge in [-0.25, -0.2) is 9.78 Å². The number of aliphatic hydroxyl groups is 1. The van der Waals surface area contributed by atoms with Gasteiger partial charge in [0, 0.05) is 24.7 Å². The highest BCUT2D eigenvalue weighted by Gasteiger charge is 2.33. The van der Waals surface area contributed by atoms with Gasteiger partial charge in [-0.05, 0) is 25.7 Å². The van der Waals surface area contributed by atoms with Gasteiger partial charge in [0.15, 0.2) is 0 Å². The predicted molar refractivity (Wildman–Crippen MR) is 123 cm³/mol. The molecule has 1 aromatic rings. The van der Waals surface area contributed by atoms with E-state index in [1.165, 1.54) is 19.4 Å². The second kappa shape index (κ2) is 14.0. The number of H-pyrrole nitrogens is 1. The van der Waals surface area contributed by atoms with Gasteiger partial charge in [0.1, 0.15) is 18.1 Å². The Kier molecular flexibility index (Phi) is 11.8. The lowest BCUT2D eigenvalue weighted by molar-refractivity contribution is -0.143. The second-order valence-electron chi connectivity index (χ2n) is 8.71. The largest absolute Gasteiger partial charge is 0.480 e. The molecule has 5 unspecified atom stereocenters. The standard InChI is InChI=1S/C21H35N7O7/c1-10(2)6-15(21(34)35)27-20(33)17(11(3)29)28-19(32)14(7-12-8-24-9-25-12)26-18(31)13(22)4-5-16(23)30/h8-11,13-15,17,29H,4-7,22H2,1-3H3,(H2,23,30)(H,24,25)(H,26,31)(H,27,33)(H,28,32)(H,34,35). The summed E-state index contributed by atoms with van der Waals surface area (Å²) in [6.07, 6.45) is 1.35. The number of hydrogen-bond acceptors (Lipinski definition) is 8. The number of nitrogens with zero attached hydrogens (tertiary/aromatic N) is 1. The van der Waals surface area contributed by atoms with Gasteiger partial charge < -0.3 is 42.6 Å². The maximum Gasteiger partial charge on any atom is 0.326 e. The van der Waals surface area contributed by atoms with E-state index in [1.807, 2.05) is 0 Å². The van der Waals surface area contributed by atoms with Crippen LogP contribution in [0.1, 0.15) is 45.7 Å². The Hall–Kier alpha value is -3.52. The Morgan fingerprint density at radius 2 is 1.66 bits per heavy atom. The third kappa shape index (κ3) is 10.5. The molecular formula is C21H35N7O7. The molecule has 0 radical (unpaired) electrons. The second-order valence-corrected chi connectivity index (χ2v) is 8.71. The number of carbonyl (C=O) groups is 5. The minimum atomic E-state index is -1.50. The molecule has 0 spiro atoms. The summed E-state index contributed by atoms with van der Waals surface area (Å²) >= 11 is 0. The molecule has 5 atom stereocenters. The summed E-state index contributed by atoms with van der Waals surface area (Å²) in [6.45, 7) is 4.82. The summed E-state index contributed by atoms with van der Waals surface area (Å²) in [4.78, 5) is 67.3. The van der Waals surface area contributed by atoms with Gasteiger partial charge in [-0.2, -0.15) is 0 Å². The van der Waals surface area contributed by atoms with Crippen LogP contribution >= 0.6 is 0 Å². The zero-order valence-corrected chi connectivity index (χ0v) is 20.0. The van der Waals surface area contributed by atoms with E-state index in [4.69, 9.17) is 11.5 Å². The first-order valence-corrected chi connectivity index (χ1v) is 11.1. The van der Waals surface area contributed by atoms with Crippen LogP contribution < -0.4 is 27.4 Å². The number of carboxylic acids is 1. The van der Waals surface area contributed by atoms with Gasteiger partial charge in [0.25, 0.3) is 0 Å². The van der Waals surface area contributed by atoms with Crippen molar-refractivity contribution in [3.63, 3.8) is 0 Å². The summed E-state index contributed by atoms with van der Waals surface area (Å²) in [5.74, 6) is -4.38. The van der Waals surface area contributed by atoms with Crippen LogP contribution in [-0.2, 0) is 30.4 Å². The van der Waals surface area contributed by atoms with Crippen molar-refractivity contribution in [2.45, 2.75) is 76.7 Å². The smallest absolute Gasteiger partial charge is 0.326 e. The van der Waals surface area contributed by atoms with Crippen LogP contribution in [0.15, 0.2) is 12.5 Å². The van der Waals surface area contributed by atoms with Crippen LogP contribution in [0.4, 0.5) is 0 Å². The van der Waals surface area contributed by atoms with Gasteiger partial charge >= 0.3 is 5.97 Å². The van der Waals surface area contributed by atoms with E-state index in [0.717, 1.165) is 0 Å². The van der Waals surface area contributed by atoms with Crippen molar-refractivity contribution in [1.82, 2.24) is 25.9 Å². The zero-order chi connectivity index (χ0) is 26.7. The number of carboxylic acid groups (broad SMARTS) is 1. The first kappa shape index (κ1) is 29.5. The van der Waals surface area contributed by atoms with Crippen molar-refractivity contribution in [3.8, 4) is 0 Å². The van der Waals surface area contributed by atoms with Crippen LogP contribution in [0.25, 0.3) is 0 Å². The number of primary amides is 1. The van der Waals surface area contributed by atoms with Gasteiger partial charge in [-0.1, -0.05) is 13.8 Å². The molecule has 1 heterocycles. The lowest BCUT2D eigenvalue weighted by Gasteiger charge is -2.26.